The minimum Gasteiger partial charge on any atom is -0.370 e. The molecule has 2 N–H and O–H groups in total. The fraction of sp³-hybridized carbons (Fsp3) is 0.632. The summed E-state index contributed by atoms with van der Waals surface area (Å²) >= 11 is 3.02. The van der Waals surface area contributed by atoms with Gasteiger partial charge in [-0.2, -0.15) is 0 Å². The molecule has 0 saturated carbocycles. The summed E-state index contributed by atoms with van der Waals surface area (Å²) in [5.74, 6) is 0.983. The number of thiophene rings is 1. The predicted molar refractivity (Wildman–Crippen MR) is 114 cm³/mol. The van der Waals surface area contributed by atoms with Crippen LogP contribution in [0.3, 0.4) is 0 Å². The van der Waals surface area contributed by atoms with E-state index in [1.807, 2.05) is 12.3 Å². The first-order valence-corrected chi connectivity index (χ1v) is 12.1. The van der Waals surface area contributed by atoms with Crippen LogP contribution in [0.25, 0.3) is 10.2 Å². The average Bonchev–Trinajstić information content (AvgIpc) is 3.41. The van der Waals surface area contributed by atoms with Gasteiger partial charge in [-0.15, -0.1) is 11.3 Å². The normalized spacial score (nSPS) is 18.1. The number of nitrogens with one attached hydrogen (secondary N) is 2. The van der Waals surface area contributed by atoms with Gasteiger partial charge in [-0.3, -0.25) is 4.79 Å². The Balaban J connectivity index is 1.41. The van der Waals surface area contributed by atoms with Crippen LogP contribution in [0.15, 0.2) is 11.2 Å². The zero-order chi connectivity index (χ0) is 19.3. The molecular formula is C19H28N5O2S2+. The number of quaternary nitrogens is 1. The highest BCUT2D eigenvalue weighted by atomic mass is 32.2. The molecule has 0 aliphatic carbocycles. The molecule has 2 saturated heterocycles. The number of thioether (sulfide) groups is 1. The molecule has 0 spiro atoms. The zero-order valence-corrected chi connectivity index (χ0v) is 18.0. The van der Waals surface area contributed by atoms with Crippen LogP contribution in [0, 0.1) is 0 Å². The SMILES string of the molecule is CSc1nc(N2CCCC2)c2cc(C(=O)NCCC[NH+]3CCOCC3)sc2n1. The number of morpholine rings is 1. The predicted octanol–water partition coefficient (Wildman–Crippen LogP) is 1.05. The van der Waals surface area contributed by atoms with Crippen molar-refractivity contribution in [1.29, 1.82) is 0 Å². The van der Waals surface area contributed by atoms with Gasteiger partial charge < -0.3 is 19.9 Å². The third-order valence-corrected chi connectivity index (χ3v) is 6.93. The summed E-state index contributed by atoms with van der Waals surface area (Å²) < 4.78 is 5.39. The van der Waals surface area contributed by atoms with Gasteiger partial charge >= 0.3 is 0 Å². The lowest BCUT2D eigenvalue weighted by Gasteiger charge is -2.23. The van der Waals surface area contributed by atoms with Crippen molar-refractivity contribution in [3.05, 3.63) is 10.9 Å². The first kappa shape index (κ1) is 19.9. The summed E-state index contributed by atoms with van der Waals surface area (Å²) in [6.07, 6.45) is 5.37. The first-order chi connectivity index (χ1) is 13.7. The molecule has 2 aromatic heterocycles. The van der Waals surface area contributed by atoms with Gasteiger partial charge in [0.1, 0.15) is 23.7 Å². The van der Waals surface area contributed by atoms with E-state index in [2.05, 4.69) is 15.2 Å². The highest BCUT2D eigenvalue weighted by Crippen LogP contribution is 2.34. The van der Waals surface area contributed by atoms with E-state index in [1.54, 1.807) is 16.7 Å². The van der Waals surface area contributed by atoms with E-state index in [9.17, 15) is 4.79 Å². The number of ether oxygens (including phenoxy) is 1. The van der Waals surface area contributed by atoms with E-state index in [4.69, 9.17) is 9.72 Å². The number of aromatic nitrogens is 2. The van der Waals surface area contributed by atoms with Crippen molar-refractivity contribution in [1.82, 2.24) is 15.3 Å². The third-order valence-electron chi connectivity index (χ3n) is 5.36. The number of anilines is 1. The Hall–Kier alpha value is -1.42. The van der Waals surface area contributed by atoms with Crippen molar-refractivity contribution in [3.63, 3.8) is 0 Å². The highest BCUT2D eigenvalue weighted by molar-refractivity contribution is 7.98. The van der Waals surface area contributed by atoms with Crippen molar-refractivity contribution in [2.24, 2.45) is 0 Å². The van der Waals surface area contributed by atoms with Crippen molar-refractivity contribution in [3.8, 4) is 0 Å². The molecule has 2 fully saturated rings. The van der Waals surface area contributed by atoms with Crippen molar-refractivity contribution in [2.45, 2.75) is 24.4 Å². The summed E-state index contributed by atoms with van der Waals surface area (Å²) in [7, 11) is 0. The molecule has 0 atom stereocenters. The van der Waals surface area contributed by atoms with Crippen LogP contribution in [-0.2, 0) is 4.74 Å². The summed E-state index contributed by atoms with van der Waals surface area (Å²) in [6, 6.07) is 1.97. The molecule has 2 aliphatic rings. The summed E-state index contributed by atoms with van der Waals surface area (Å²) in [6.45, 7) is 7.68. The topological polar surface area (TPSA) is 71.8 Å². The number of fused-ring (bicyclic) bond motifs is 1. The van der Waals surface area contributed by atoms with Crippen LogP contribution in [0.4, 0.5) is 5.82 Å². The van der Waals surface area contributed by atoms with Gasteiger partial charge in [0, 0.05) is 26.1 Å². The minimum atomic E-state index is -0.00180. The molecule has 152 valence electrons. The number of hydrogen-bond donors (Lipinski definition) is 2. The summed E-state index contributed by atoms with van der Waals surface area (Å²) in [5.41, 5.74) is 0. The maximum atomic E-state index is 12.7. The fourth-order valence-corrected chi connectivity index (χ4v) is 5.16. The third kappa shape index (κ3) is 4.59. The van der Waals surface area contributed by atoms with E-state index in [1.165, 1.54) is 24.2 Å². The van der Waals surface area contributed by atoms with Gasteiger partial charge in [0.25, 0.3) is 5.91 Å². The smallest absolute Gasteiger partial charge is 0.261 e. The van der Waals surface area contributed by atoms with E-state index < -0.39 is 0 Å². The van der Waals surface area contributed by atoms with Gasteiger partial charge in [0.05, 0.1) is 30.0 Å². The van der Waals surface area contributed by atoms with Crippen molar-refractivity contribution < 1.29 is 14.4 Å². The molecule has 0 radical (unpaired) electrons. The van der Waals surface area contributed by atoms with E-state index in [-0.39, 0.29) is 5.91 Å². The molecule has 4 heterocycles. The number of rotatable bonds is 7. The maximum Gasteiger partial charge on any atom is 0.261 e. The van der Waals surface area contributed by atoms with Gasteiger partial charge in [0.2, 0.25) is 0 Å². The molecule has 9 heteroatoms. The summed E-state index contributed by atoms with van der Waals surface area (Å²) in [5, 5.41) is 4.86. The van der Waals surface area contributed by atoms with E-state index >= 15 is 0 Å². The number of carbonyl (C=O) groups excluding carboxylic acids is 1. The van der Waals surface area contributed by atoms with Gasteiger partial charge in [-0.05, 0) is 25.2 Å². The first-order valence-electron chi connectivity index (χ1n) is 10.0. The van der Waals surface area contributed by atoms with Crippen LogP contribution >= 0.6 is 23.1 Å². The second-order valence-corrected chi connectivity index (χ2v) is 9.08. The molecule has 0 aromatic carbocycles. The molecule has 28 heavy (non-hydrogen) atoms. The lowest BCUT2D eigenvalue weighted by atomic mass is 10.3. The van der Waals surface area contributed by atoms with E-state index in [0.717, 1.165) is 78.4 Å². The molecular weight excluding hydrogens is 394 g/mol. The quantitative estimate of drug-likeness (QED) is 0.395. The largest absolute Gasteiger partial charge is 0.370 e. The maximum absolute atomic E-state index is 12.7. The Morgan fingerprint density at radius 3 is 2.86 bits per heavy atom. The Morgan fingerprint density at radius 1 is 1.32 bits per heavy atom. The van der Waals surface area contributed by atoms with Crippen LogP contribution in [0.2, 0.25) is 0 Å². The van der Waals surface area contributed by atoms with Gasteiger partial charge in [0.15, 0.2) is 5.16 Å². The van der Waals surface area contributed by atoms with Gasteiger partial charge in [-0.25, -0.2) is 9.97 Å². The van der Waals surface area contributed by atoms with Crippen molar-refractivity contribution >= 4 is 45.0 Å². The number of nitrogens with zero attached hydrogens (tertiary/aromatic N) is 3. The lowest BCUT2D eigenvalue weighted by Crippen LogP contribution is -3.14. The fourth-order valence-electron chi connectivity index (χ4n) is 3.80. The van der Waals surface area contributed by atoms with Gasteiger partial charge in [-0.1, -0.05) is 11.8 Å². The Bertz CT molecular complexity index is 816. The van der Waals surface area contributed by atoms with Crippen LogP contribution in [0.5, 0.6) is 0 Å². The summed E-state index contributed by atoms with van der Waals surface area (Å²) in [4.78, 5) is 27.6. The molecule has 0 bridgehead atoms. The number of hydrogen-bond acceptors (Lipinski definition) is 7. The zero-order valence-electron chi connectivity index (χ0n) is 16.3. The molecule has 1 amide bonds. The molecule has 0 unspecified atom stereocenters. The van der Waals surface area contributed by atoms with Crippen LogP contribution < -0.4 is 15.1 Å². The lowest BCUT2D eigenvalue weighted by molar-refractivity contribution is -0.908. The van der Waals surface area contributed by atoms with Crippen LogP contribution in [0.1, 0.15) is 28.9 Å². The Labute approximate surface area is 173 Å². The van der Waals surface area contributed by atoms with E-state index in [0.29, 0.717) is 6.54 Å². The average molecular weight is 423 g/mol. The van der Waals surface area contributed by atoms with Crippen molar-refractivity contribution in [2.75, 3.05) is 63.6 Å². The number of amides is 1. The Morgan fingerprint density at radius 2 is 2.11 bits per heavy atom. The molecule has 2 aromatic rings. The second kappa shape index (κ2) is 9.39. The molecule has 2 aliphatic heterocycles. The highest BCUT2D eigenvalue weighted by Gasteiger charge is 2.21. The van der Waals surface area contributed by atoms with Crippen LogP contribution in [-0.4, -0.2) is 74.6 Å². The monoisotopic (exact) mass is 422 g/mol. The Kier molecular flexibility index (Phi) is 6.66. The second-order valence-electron chi connectivity index (χ2n) is 7.28. The number of carbonyl (C=O) groups is 1. The standard InChI is InChI=1S/C19H27N5O2S2/c1-27-19-21-16(24-7-2-3-8-24)14-13-15(28-18(14)22-19)17(25)20-5-4-6-23-9-11-26-12-10-23/h13H,2-12H2,1H3,(H,20,25)/p+1. The minimum absolute atomic E-state index is 0.00180. The molecule has 7 nitrogen and oxygen atoms in total. The molecule has 4 rings (SSSR count).